The maximum Gasteiger partial charge on any atom is 0.244 e. The van der Waals surface area contributed by atoms with Crippen LogP contribution in [0.3, 0.4) is 0 Å². The van der Waals surface area contributed by atoms with E-state index in [1.54, 1.807) is 5.41 Å². The van der Waals surface area contributed by atoms with Crippen molar-refractivity contribution in [3.05, 3.63) is 11.5 Å². The van der Waals surface area contributed by atoms with Gasteiger partial charge in [-0.1, -0.05) is 39.0 Å². The zero-order valence-corrected chi connectivity index (χ0v) is 14.0. The van der Waals surface area contributed by atoms with Crippen molar-refractivity contribution < 1.29 is 14.4 Å². The molecule has 0 fully saturated rings. The van der Waals surface area contributed by atoms with Crippen LogP contribution in [0.5, 0.6) is 0 Å². The first-order valence-corrected chi connectivity index (χ1v) is 8.68. The molecule has 0 unspecified atom stereocenters. The van der Waals surface area contributed by atoms with E-state index >= 15 is 0 Å². The van der Waals surface area contributed by atoms with Gasteiger partial charge in [-0.05, 0) is 18.8 Å². The summed E-state index contributed by atoms with van der Waals surface area (Å²) in [6, 6.07) is 0. The van der Waals surface area contributed by atoms with Gasteiger partial charge in [0.05, 0.1) is 12.2 Å². The van der Waals surface area contributed by atoms with Gasteiger partial charge in [0.25, 0.3) is 0 Å². The van der Waals surface area contributed by atoms with Crippen LogP contribution in [0.4, 0.5) is 0 Å². The number of carbonyl (C=O) groups is 3. The van der Waals surface area contributed by atoms with E-state index in [9.17, 15) is 14.4 Å². The lowest BCUT2D eigenvalue weighted by Gasteiger charge is -2.02. The van der Waals surface area contributed by atoms with Crippen LogP contribution in [0.25, 0.3) is 0 Å². The number of unbranched alkanes of at least 4 members (excludes halogenated alkanes) is 5. The number of hydrogen-bond acceptors (Lipinski definition) is 4. The minimum atomic E-state index is -0.130. The van der Waals surface area contributed by atoms with Gasteiger partial charge < -0.3 is 5.32 Å². The van der Waals surface area contributed by atoms with E-state index in [-0.39, 0.29) is 29.6 Å². The zero-order valence-electron chi connectivity index (χ0n) is 13.2. The second-order valence-electron chi connectivity index (χ2n) is 5.09. The molecular formula is C16H27NO3S. The molecule has 0 aromatic carbocycles. The Morgan fingerprint density at radius 2 is 1.71 bits per heavy atom. The van der Waals surface area contributed by atoms with Crippen molar-refractivity contribution >= 4 is 29.2 Å². The molecule has 0 aliphatic rings. The Bertz CT molecular complexity index is 353. The Morgan fingerprint density at radius 3 is 2.38 bits per heavy atom. The summed E-state index contributed by atoms with van der Waals surface area (Å²) in [5.41, 5.74) is 0. The summed E-state index contributed by atoms with van der Waals surface area (Å²) in [6.45, 7) is 4.29. The number of rotatable bonds is 13. The third kappa shape index (κ3) is 15.1. The lowest BCUT2D eigenvalue weighted by atomic mass is 10.1. The van der Waals surface area contributed by atoms with Crippen LogP contribution < -0.4 is 5.32 Å². The normalized spacial score (nSPS) is 10.8. The third-order valence-electron chi connectivity index (χ3n) is 2.84. The van der Waals surface area contributed by atoms with E-state index in [2.05, 4.69) is 12.2 Å². The molecule has 0 aliphatic heterocycles. The fraction of sp³-hybridized carbons (Fsp3) is 0.688. The predicted octanol–water partition coefficient (Wildman–Crippen LogP) is 3.26. The molecule has 0 radical (unpaired) electrons. The quantitative estimate of drug-likeness (QED) is 0.322. The highest BCUT2D eigenvalue weighted by atomic mass is 32.2. The van der Waals surface area contributed by atoms with Crippen molar-refractivity contribution in [1.82, 2.24) is 5.32 Å². The zero-order chi connectivity index (χ0) is 15.9. The summed E-state index contributed by atoms with van der Waals surface area (Å²) in [5.74, 6) is -0.123. The molecule has 0 aliphatic carbocycles. The Hall–Kier alpha value is -1.10. The standard InChI is InChI=1S/C16H27NO3S/c1-3-4-5-6-7-8-10-17-16(20)9-11-21-13-15(19)12-14(2)18/h9,11H,3-8,10,12-13H2,1-2H3,(H,17,20)/b11-9-. The second kappa shape index (κ2) is 13.9. The third-order valence-corrected chi connectivity index (χ3v) is 3.65. The van der Waals surface area contributed by atoms with E-state index < -0.39 is 0 Å². The number of amides is 1. The Balaban J connectivity index is 3.50. The van der Waals surface area contributed by atoms with E-state index in [1.165, 1.54) is 50.4 Å². The summed E-state index contributed by atoms with van der Waals surface area (Å²) in [4.78, 5) is 33.4. The summed E-state index contributed by atoms with van der Waals surface area (Å²) in [5, 5.41) is 4.42. The number of thioether (sulfide) groups is 1. The molecule has 0 rings (SSSR count). The van der Waals surface area contributed by atoms with Gasteiger partial charge in [0.1, 0.15) is 11.6 Å². The molecule has 1 amide bonds. The topological polar surface area (TPSA) is 63.2 Å². The lowest BCUT2D eigenvalue weighted by Crippen LogP contribution is -2.21. The number of ketones is 2. The largest absolute Gasteiger partial charge is 0.353 e. The number of nitrogens with one attached hydrogen (secondary N) is 1. The first-order valence-electron chi connectivity index (χ1n) is 7.63. The maximum absolute atomic E-state index is 11.5. The number of Topliss-reactive ketones (excluding diaryl/α,β-unsaturated/α-hetero) is 2. The molecule has 1 N–H and O–H groups in total. The highest BCUT2D eigenvalue weighted by Gasteiger charge is 2.04. The molecule has 0 saturated heterocycles. The van der Waals surface area contributed by atoms with Gasteiger partial charge in [0, 0.05) is 12.6 Å². The van der Waals surface area contributed by atoms with Crippen molar-refractivity contribution in [3.63, 3.8) is 0 Å². The number of carbonyl (C=O) groups excluding carboxylic acids is 3. The van der Waals surface area contributed by atoms with Crippen LogP contribution in [-0.4, -0.2) is 29.8 Å². The molecule has 0 saturated carbocycles. The minimum absolute atomic E-state index is 0.0228. The van der Waals surface area contributed by atoms with Gasteiger partial charge in [0.15, 0.2) is 0 Å². The summed E-state index contributed by atoms with van der Waals surface area (Å²) < 4.78 is 0. The molecule has 0 spiro atoms. The second-order valence-corrected chi connectivity index (χ2v) is 5.98. The average molecular weight is 313 g/mol. The van der Waals surface area contributed by atoms with Gasteiger partial charge in [-0.25, -0.2) is 0 Å². The van der Waals surface area contributed by atoms with Crippen LogP contribution >= 0.6 is 11.8 Å². The van der Waals surface area contributed by atoms with Gasteiger partial charge in [-0.3, -0.25) is 14.4 Å². The molecule has 0 aromatic rings. The molecule has 0 bridgehead atoms. The van der Waals surface area contributed by atoms with Crippen LogP contribution in [0.15, 0.2) is 11.5 Å². The van der Waals surface area contributed by atoms with Gasteiger partial charge in [-0.15, -0.1) is 11.8 Å². The Labute approximate surface area is 132 Å². The fourth-order valence-electron chi connectivity index (χ4n) is 1.76. The molecular weight excluding hydrogens is 286 g/mol. The average Bonchev–Trinajstić information content (AvgIpc) is 2.42. The van der Waals surface area contributed by atoms with Crippen molar-refractivity contribution in [2.24, 2.45) is 0 Å². The Morgan fingerprint density at radius 1 is 1.05 bits per heavy atom. The smallest absolute Gasteiger partial charge is 0.244 e. The maximum atomic E-state index is 11.5. The van der Waals surface area contributed by atoms with Crippen molar-refractivity contribution in [2.75, 3.05) is 12.3 Å². The van der Waals surface area contributed by atoms with Gasteiger partial charge >= 0.3 is 0 Å². The van der Waals surface area contributed by atoms with E-state index in [0.717, 1.165) is 12.8 Å². The van der Waals surface area contributed by atoms with E-state index in [1.807, 2.05) is 0 Å². The molecule has 0 heterocycles. The van der Waals surface area contributed by atoms with Crippen LogP contribution in [0, 0.1) is 0 Å². The van der Waals surface area contributed by atoms with Gasteiger partial charge in [-0.2, -0.15) is 0 Å². The molecule has 0 aromatic heterocycles. The van der Waals surface area contributed by atoms with Gasteiger partial charge in [0.2, 0.25) is 5.91 Å². The first kappa shape index (κ1) is 19.9. The molecule has 21 heavy (non-hydrogen) atoms. The molecule has 0 atom stereocenters. The SMILES string of the molecule is CCCCCCCCNC(=O)/C=C\SCC(=O)CC(C)=O. The summed E-state index contributed by atoms with van der Waals surface area (Å²) >= 11 is 1.24. The van der Waals surface area contributed by atoms with E-state index in [0.29, 0.717) is 6.54 Å². The Kier molecular flexibility index (Phi) is 13.1. The fourth-order valence-corrected chi connectivity index (χ4v) is 2.36. The number of hydrogen-bond donors (Lipinski definition) is 1. The van der Waals surface area contributed by atoms with Crippen LogP contribution in [-0.2, 0) is 14.4 Å². The lowest BCUT2D eigenvalue weighted by molar-refractivity contribution is -0.124. The van der Waals surface area contributed by atoms with Crippen molar-refractivity contribution in [2.45, 2.75) is 58.8 Å². The van der Waals surface area contributed by atoms with Crippen LogP contribution in [0.2, 0.25) is 0 Å². The van der Waals surface area contributed by atoms with Crippen molar-refractivity contribution in [3.8, 4) is 0 Å². The van der Waals surface area contributed by atoms with E-state index in [4.69, 9.17) is 0 Å². The summed E-state index contributed by atoms with van der Waals surface area (Å²) in [7, 11) is 0. The summed E-state index contributed by atoms with van der Waals surface area (Å²) in [6.07, 6.45) is 8.60. The highest BCUT2D eigenvalue weighted by molar-refractivity contribution is 8.02. The highest BCUT2D eigenvalue weighted by Crippen LogP contribution is 2.05. The monoisotopic (exact) mass is 313 g/mol. The van der Waals surface area contributed by atoms with Crippen molar-refractivity contribution in [1.29, 1.82) is 0 Å². The molecule has 4 nitrogen and oxygen atoms in total. The minimum Gasteiger partial charge on any atom is -0.353 e. The molecule has 5 heteroatoms. The molecule has 120 valence electrons. The van der Waals surface area contributed by atoms with Crippen LogP contribution in [0.1, 0.15) is 58.8 Å². The first-order chi connectivity index (χ1) is 10.1. The predicted molar refractivity (Wildman–Crippen MR) is 88.3 cm³/mol.